The molecule has 0 radical (unpaired) electrons. The third-order valence-electron chi connectivity index (χ3n) is 3.49. The first-order valence-corrected chi connectivity index (χ1v) is 9.70. The summed E-state index contributed by atoms with van der Waals surface area (Å²) in [5, 5.41) is 7.01. The van der Waals surface area contributed by atoms with Gasteiger partial charge in [-0.05, 0) is 26.8 Å². The predicted octanol–water partition coefficient (Wildman–Crippen LogP) is 3.96. The van der Waals surface area contributed by atoms with Crippen molar-refractivity contribution in [1.82, 2.24) is 20.6 Å². The van der Waals surface area contributed by atoms with E-state index in [4.69, 9.17) is 16.3 Å². The van der Waals surface area contributed by atoms with E-state index >= 15 is 0 Å². The van der Waals surface area contributed by atoms with E-state index in [-0.39, 0.29) is 17.5 Å². The normalized spacial score (nSPS) is 12.2. The maximum absolute atomic E-state index is 12.6. The van der Waals surface area contributed by atoms with Crippen LogP contribution in [0.25, 0.3) is 0 Å². The second-order valence-corrected chi connectivity index (χ2v) is 7.42. The Kier molecular flexibility index (Phi) is 7.88. The summed E-state index contributed by atoms with van der Waals surface area (Å²) in [5.41, 5.74) is 0.0478. The van der Waals surface area contributed by atoms with Crippen molar-refractivity contribution in [3.63, 3.8) is 0 Å². The van der Waals surface area contributed by atoms with Crippen LogP contribution in [0.3, 0.4) is 0 Å². The van der Waals surface area contributed by atoms with Crippen LogP contribution in [0, 0.1) is 13.8 Å². The molecule has 0 unspecified atom stereocenters. The molecule has 2 rings (SSSR count). The molecule has 0 fully saturated rings. The number of thiazole rings is 1. The van der Waals surface area contributed by atoms with Crippen LogP contribution in [0.5, 0.6) is 5.88 Å². The maximum atomic E-state index is 12.6. The Hall–Kier alpha value is -2.07. The molecule has 0 aliphatic heterocycles. The molecule has 0 saturated heterocycles. The van der Waals surface area contributed by atoms with Gasteiger partial charge in [0.05, 0.1) is 29.4 Å². The zero-order valence-corrected chi connectivity index (χ0v) is 17.2. The SMILES string of the molecule is CCNC(=NCc1sc(C)nc1C)NCCOc1ncc(C(F)(F)F)cc1Cl. The molecule has 0 aliphatic carbocycles. The highest BCUT2D eigenvalue weighted by molar-refractivity contribution is 7.11. The Morgan fingerprint density at radius 2 is 2.07 bits per heavy atom. The smallest absolute Gasteiger partial charge is 0.417 e. The van der Waals surface area contributed by atoms with Crippen molar-refractivity contribution in [1.29, 1.82) is 0 Å². The van der Waals surface area contributed by atoms with E-state index in [0.29, 0.717) is 31.8 Å². The quantitative estimate of drug-likeness (QED) is 0.391. The molecule has 0 amide bonds. The highest BCUT2D eigenvalue weighted by Gasteiger charge is 2.31. The van der Waals surface area contributed by atoms with Crippen LogP contribution < -0.4 is 15.4 Å². The summed E-state index contributed by atoms with van der Waals surface area (Å²) in [5.74, 6) is 0.553. The lowest BCUT2D eigenvalue weighted by Crippen LogP contribution is -2.39. The van der Waals surface area contributed by atoms with E-state index < -0.39 is 11.7 Å². The number of hydrogen-bond donors (Lipinski definition) is 2. The lowest BCUT2D eigenvalue weighted by molar-refractivity contribution is -0.137. The summed E-state index contributed by atoms with van der Waals surface area (Å²) in [6.07, 6.45) is -3.80. The molecular weight excluding hydrogens is 415 g/mol. The van der Waals surface area contributed by atoms with Crippen LogP contribution >= 0.6 is 22.9 Å². The number of alkyl halides is 3. The molecular formula is C17H21ClF3N5OS. The maximum Gasteiger partial charge on any atom is 0.417 e. The number of guanidine groups is 1. The number of rotatable bonds is 7. The molecule has 11 heteroatoms. The molecule has 0 aliphatic rings. The first kappa shape index (κ1) is 22.2. The van der Waals surface area contributed by atoms with Crippen LogP contribution in [0.2, 0.25) is 5.02 Å². The van der Waals surface area contributed by atoms with E-state index in [2.05, 4.69) is 25.6 Å². The van der Waals surface area contributed by atoms with E-state index in [1.54, 1.807) is 11.3 Å². The van der Waals surface area contributed by atoms with Gasteiger partial charge in [0, 0.05) is 17.6 Å². The Labute approximate surface area is 170 Å². The number of nitrogens with one attached hydrogen (secondary N) is 2. The van der Waals surface area contributed by atoms with Gasteiger partial charge in [-0.15, -0.1) is 11.3 Å². The molecule has 2 aromatic rings. The molecule has 28 heavy (non-hydrogen) atoms. The Morgan fingerprint density at radius 1 is 1.32 bits per heavy atom. The van der Waals surface area contributed by atoms with Gasteiger partial charge >= 0.3 is 6.18 Å². The average molecular weight is 436 g/mol. The molecule has 2 N–H and O–H groups in total. The third kappa shape index (κ3) is 6.52. The Morgan fingerprint density at radius 3 is 2.64 bits per heavy atom. The fourth-order valence-electron chi connectivity index (χ4n) is 2.22. The van der Waals surface area contributed by atoms with Gasteiger partial charge in [-0.2, -0.15) is 13.2 Å². The van der Waals surface area contributed by atoms with Crippen molar-refractivity contribution in [2.24, 2.45) is 4.99 Å². The number of hydrogen-bond acceptors (Lipinski definition) is 5. The lowest BCUT2D eigenvalue weighted by Gasteiger charge is -2.13. The van der Waals surface area contributed by atoms with Gasteiger partial charge in [-0.3, -0.25) is 0 Å². The van der Waals surface area contributed by atoms with Crippen molar-refractivity contribution in [2.75, 3.05) is 19.7 Å². The van der Waals surface area contributed by atoms with Gasteiger partial charge in [-0.1, -0.05) is 11.6 Å². The zero-order chi connectivity index (χ0) is 20.7. The average Bonchev–Trinajstić information content (AvgIpc) is 2.94. The minimum atomic E-state index is -4.50. The van der Waals surface area contributed by atoms with Crippen LogP contribution in [0.1, 0.15) is 28.1 Å². The van der Waals surface area contributed by atoms with Gasteiger partial charge in [0.2, 0.25) is 5.88 Å². The number of aliphatic imine (C=N–C) groups is 1. The molecule has 2 aromatic heterocycles. The minimum absolute atomic E-state index is 0.0471. The molecule has 6 nitrogen and oxygen atoms in total. The zero-order valence-electron chi connectivity index (χ0n) is 15.7. The van der Waals surface area contributed by atoms with Crippen molar-refractivity contribution in [2.45, 2.75) is 33.5 Å². The number of aryl methyl sites for hydroxylation is 2. The van der Waals surface area contributed by atoms with E-state index in [1.165, 1.54) is 0 Å². The minimum Gasteiger partial charge on any atom is -0.475 e. The molecule has 0 aromatic carbocycles. The second-order valence-electron chi connectivity index (χ2n) is 5.72. The summed E-state index contributed by atoms with van der Waals surface area (Å²) < 4.78 is 43.2. The van der Waals surface area contributed by atoms with Crippen LogP contribution in [-0.4, -0.2) is 35.6 Å². The largest absolute Gasteiger partial charge is 0.475 e. The lowest BCUT2D eigenvalue weighted by atomic mass is 10.3. The Balaban J connectivity index is 1.87. The summed E-state index contributed by atoms with van der Waals surface area (Å²) in [7, 11) is 0. The van der Waals surface area contributed by atoms with Gasteiger partial charge in [-0.25, -0.2) is 15.0 Å². The fourth-order valence-corrected chi connectivity index (χ4v) is 3.30. The van der Waals surface area contributed by atoms with E-state index in [0.717, 1.165) is 21.6 Å². The molecule has 0 saturated carbocycles. The fraction of sp³-hybridized carbons (Fsp3) is 0.471. The summed E-state index contributed by atoms with van der Waals surface area (Å²) in [6.45, 7) is 7.55. The first-order chi connectivity index (χ1) is 13.2. The van der Waals surface area contributed by atoms with Crippen LogP contribution in [-0.2, 0) is 12.7 Å². The number of ether oxygens (including phenoxy) is 1. The molecule has 2 heterocycles. The summed E-state index contributed by atoms with van der Waals surface area (Å²) in [4.78, 5) is 13.6. The monoisotopic (exact) mass is 435 g/mol. The molecule has 0 atom stereocenters. The third-order valence-corrected chi connectivity index (χ3v) is 4.82. The number of halogens is 4. The van der Waals surface area contributed by atoms with Gasteiger partial charge < -0.3 is 15.4 Å². The van der Waals surface area contributed by atoms with Gasteiger partial charge in [0.1, 0.15) is 11.6 Å². The summed E-state index contributed by atoms with van der Waals surface area (Å²) >= 11 is 7.42. The van der Waals surface area contributed by atoms with E-state index in [1.807, 2.05) is 20.8 Å². The molecule has 0 bridgehead atoms. The van der Waals surface area contributed by atoms with Crippen molar-refractivity contribution < 1.29 is 17.9 Å². The predicted molar refractivity (Wildman–Crippen MR) is 104 cm³/mol. The molecule has 154 valence electrons. The van der Waals surface area contributed by atoms with Gasteiger partial charge in [0.15, 0.2) is 5.96 Å². The second kappa shape index (κ2) is 9.92. The standard InChI is InChI=1S/C17H21ClF3N5OS/c1-4-22-16(25-9-14-10(2)26-11(3)28-14)23-5-6-27-15-13(18)7-12(8-24-15)17(19,20)21/h7-8H,4-6,9H2,1-3H3,(H2,22,23,25). The van der Waals surface area contributed by atoms with Crippen LogP contribution in [0.15, 0.2) is 17.3 Å². The number of nitrogens with zero attached hydrogens (tertiary/aromatic N) is 3. The highest BCUT2D eigenvalue weighted by atomic mass is 35.5. The number of pyridine rings is 1. The van der Waals surface area contributed by atoms with Crippen molar-refractivity contribution in [3.05, 3.63) is 38.4 Å². The van der Waals surface area contributed by atoms with Crippen LogP contribution in [0.4, 0.5) is 13.2 Å². The Bertz CT molecular complexity index is 826. The summed E-state index contributed by atoms with van der Waals surface area (Å²) in [6, 6.07) is 0.794. The van der Waals surface area contributed by atoms with Gasteiger partial charge in [0.25, 0.3) is 0 Å². The van der Waals surface area contributed by atoms with Crippen molar-refractivity contribution in [3.8, 4) is 5.88 Å². The highest BCUT2D eigenvalue weighted by Crippen LogP contribution is 2.33. The molecule has 0 spiro atoms. The first-order valence-electron chi connectivity index (χ1n) is 8.51. The van der Waals surface area contributed by atoms with Crippen molar-refractivity contribution >= 4 is 28.9 Å². The topological polar surface area (TPSA) is 71.4 Å². The van der Waals surface area contributed by atoms with E-state index in [9.17, 15) is 13.2 Å². The number of aromatic nitrogens is 2.